The summed E-state index contributed by atoms with van der Waals surface area (Å²) in [6.45, 7) is 0. The van der Waals surface area contributed by atoms with Crippen molar-refractivity contribution in [2.24, 2.45) is 5.73 Å². The molecule has 23 heavy (non-hydrogen) atoms. The maximum absolute atomic E-state index is 13.7. The van der Waals surface area contributed by atoms with E-state index in [-0.39, 0.29) is 23.8 Å². The second kappa shape index (κ2) is 7.00. The number of hydrogen-bond donors (Lipinski definition) is 2. The van der Waals surface area contributed by atoms with Crippen molar-refractivity contribution in [3.63, 3.8) is 0 Å². The average molecular weight is 318 g/mol. The van der Waals surface area contributed by atoms with Gasteiger partial charge in [0.2, 0.25) is 5.91 Å². The van der Waals surface area contributed by atoms with E-state index in [1.165, 1.54) is 6.07 Å². The molecule has 0 heterocycles. The summed E-state index contributed by atoms with van der Waals surface area (Å²) in [5, 5.41) is 3.25. The number of carbonyl (C=O) groups is 1. The van der Waals surface area contributed by atoms with Crippen molar-refractivity contribution in [3.05, 3.63) is 35.6 Å². The van der Waals surface area contributed by atoms with Gasteiger partial charge in [0.05, 0.1) is 5.41 Å². The van der Waals surface area contributed by atoms with Gasteiger partial charge in [-0.25, -0.2) is 4.39 Å². The zero-order valence-corrected chi connectivity index (χ0v) is 13.7. The molecule has 0 aromatic heterocycles. The SMILES string of the molecule is NC1CCC(NC(=O)C2(c3cccc(F)c3)CCCCC2)CC1. The number of rotatable bonds is 3. The molecule has 1 amide bonds. The first-order chi connectivity index (χ1) is 11.1. The van der Waals surface area contributed by atoms with Gasteiger partial charge in [-0.1, -0.05) is 31.4 Å². The zero-order chi connectivity index (χ0) is 16.3. The summed E-state index contributed by atoms with van der Waals surface area (Å²) in [5.41, 5.74) is 6.23. The van der Waals surface area contributed by atoms with Gasteiger partial charge in [-0.3, -0.25) is 4.79 Å². The summed E-state index contributed by atoms with van der Waals surface area (Å²) in [4.78, 5) is 13.1. The summed E-state index contributed by atoms with van der Waals surface area (Å²) in [7, 11) is 0. The molecule has 2 fully saturated rings. The Morgan fingerprint density at radius 2 is 1.83 bits per heavy atom. The number of benzene rings is 1. The van der Waals surface area contributed by atoms with Gasteiger partial charge >= 0.3 is 0 Å². The highest BCUT2D eigenvalue weighted by Gasteiger charge is 2.42. The Morgan fingerprint density at radius 3 is 2.48 bits per heavy atom. The fourth-order valence-corrected chi connectivity index (χ4v) is 4.18. The van der Waals surface area contributed by atoms with Crippen LogP contribution in [0, 0.1) is 5.82 Å². The van der Waals surface area contributed by atoms with E-state index in [0.29, 0.717) is 0 Å². The number of carbonyl (C=O) groups excluding carboxylic acids is 1. The first-order valence-corrected chi connectivity index (χ1v) is 8.93. The van der Waals surface area contributed by atoms with E-state index < -0.39 is 5.41 Å². The standard InChI is InChI=1S/C19H27FN2O/c20-15-6-4-5-14(13-15)19(11-2-1-3-12-19)18(23)22-17-9-7-16(21)8-10-17/h4-6,13,16-17H,1-3,7-12,21H2,(H,22,23). The van der Waals surface area contributed by atoms with Gasteiger partial charge in [0, 0.05) is 12.1 Å². The van der Waals surface area contributed by atoms with Crippen LogP contribution in [0.1, 0.15) is 63.4 Å². The van der Waals surface area contributed by atoms with Crippen molar-refractivity contribution in [1.29, 1.82) is 0 Å². The van der Waals surface area contributed by atoms with Crippen molar-refractivity contribution in [2.75, 3.05) is 0 Å². The molecule has 0 bridgehead atoms. The largest absolute Gasteiger partial charge is 0.353 e. The lowest BCUT2D eigenvalue weighted by molar-refractivity contribution is -0.129. The van der Waals surface area contributed by atoms with Crippen LogP contribution >= 0.6 is 0 Å². The minimum atomic E-state index is -0.556. The van der Waals surface area contributed by atoms with Crippen molar-refractivity contribution in [1.82, 2.24) is 5.32 Å². The quantitative estimate of drug-likeness (QED) is 0.897. The van der Waals surface area contributed by atoms with Crippen molar-refractivity contribution < 1.29 is 9.18 Å². The molecule has 4 heteroatoms. The normalized spacial score (nSPS) is 27.4. The molecule has 1 aromatic rings. The third-order valence-electron chi connectivity index (χ3n) is 5.63. The topological polar surface area (TPSA) is 55.1 Å². The summed E-state index contributed by atoms with van der Waals surface area (Å²) in [6.07, 6.45) is 8.68. The van der Waals surface area contributed by atoms with Crippen LogP contribution in [0.15, 0.2) is 24.3 Å². The number of nitrogens with two attached hydrogens (primary N) is 1. The minimum absolute atomic E-state index is 0.0864. The Kier molecular flexibility index (Phi) is 5.00. The molecule has 2 saturated carbocycles. The Labute approximate surface area is 137 Å². The molecule has 0 aliphatic heterocycles. The molecule has 0 atom stereocenters. The van der Waals surface area contributed by atoms with Crippen molar-refractivity contribution in [3.8, 4) is 0 Å². The smallest absolute Gasteiger partial charge is 0.230 e. The molecule has 0 spiro atoms. The maximum atomic E-state index is 13.7. The second-order valence-electron chi connectivity index (χ2n) is 7.24. The van der Waals surface area contributed by atoms with Gasteiger partial charge in [-0.2, -0.15) is 0 Å². The molecular weight excluding hydrogens is 291 g/mol. The zero-order valence-electron chi connectivity index (χ0n) is 13.7. The van der Waals surface area contributed by atoms with E-state index in [1.807, 2.05) is 6.07 Å². The lowest BCUT2D eigenvalue weighted by Gasteiger charge is -2.38. The maximum Gasteiger partial charge on any atom is 0.230 e. The predicted octanol–water partition coefficient (Wildman–Crippen LogP) is 3.41. The Hall–Kier alpha value is -1.42. The van der Waals surface area contributed by atoms with Gasteiger partial charge in [0.15, 0.2) is 0 Å². The van der Waals surface area contributed by atoms with Crippen LogP contribution in [-0.4, -0.2) is 18.0 Å². The third kappa shape index (κ3) is 3.57. The van der Waals surface area contributed by atoms with Gasteiger partial charge < -0.3 is 11.1 Å². The monoisotopic (exact) mass is 318 g/mol. The number of nitrogens with one attached hydrogen (secondary N) is 1. The highest BCUT2D eigenvalue weighted by atomic mass is 19.1. The molecule has 0 unspecified atom stereocenters. The van der Waals surface area contributed by atoms with E-state index in [4.69, 9.17) is 5.73 Å². The van der Waals surface area contributed by atoms with E-state index in [1.54, 1.807) is 12.1 Å². The van der Waals surface area contributed by atoms with Crippen LogP contribution in [0.5, 0.6) is 0 Å². The number of halogens is 1. The minimum Gasteiger partial charge on any atom is -0.353 e. The van der Waals surface area contributed by atoms with E-state index in [0.717, 1.165) is 63.4 Å². The molecule has 3 nitrogen and oxygen atoms in total. The number of amides is 1. The van der Waals surface area contributed by atoms with Crippen LogP contribution in [0.25, 0.3) is 0 Å². The van der Waals surface area contributed by atoms with E-state index >= 15 is 0 Å². The summed E-state index contributed by atoms with van der Waals surface area (Å²) in [6, 6.07) is 7.10. The molecular formula is C19H27FN2O. The summed E-state index contributed by atoms with van der Waals surface area (Å²) >= 11 is 0. The fraction of sp³-hybridized carbons (Fsp3) is 0.632. The third-order valence-corrected chi connectivity index (χ3v) is 5.63. The van der Waals surface area contributed by atoms with Crippen LogP contribution in [0.3, 0.4) is 0 Å². The van der Waals surface area contributed by atoms with Gasteiger partial charge in [0.1, 0.15) is 5.82 Å². The molecule has 0 radical (unpaired) electrons. The molecule has 2 aliphatic rings. The predicted molar refractivity (Wildman–Crippen MR) is 89.5 cm³/mol. The van der Waals surface area contributed by atoms with Crippen LogP contribution in [-0.2, 0) is 10.2 Å². The molecule has 0 saturated heterocycles. The van der Waals surface area contributed by atoms with E-state index in [9.17, 15) is 9.18 Å². The van der Waals surface area contributed by atoms with Crippen LogP contribution < -0.4 is 11.1 Å². The van der Waals surface area contributed by atoms with Gasteiger partial charge in [-0.05, 0) is 56.2 Å². The molecule has 1 aromatic carbocycles. The number of hydrogen-bond acceptors (Lipinski definition) is 2. The highest BCUT2D eigenvalue weighted by molar-refractivity contribution is 5.88. The summed E-state index contributed by atoms with van der Waals surface area (Å²) < 4.78 is 13.7. The molecule has 3 rings (SSSR count). The molecule has 3 N–H and O–H groups in total. The Bertz CT molecular complexity index is 546. The highest BCUT2D eigenvalue weighted by Crippen LogP contribution is 2.40. The van der Waals surface area contributed by atoms with Gasteiger partial charge in [-0.15, -0.1) is 0 Å². The Balaban J connectivity index is 1.79. The summed E-state index contributed by atoms with van der Waals surface area (Å²) in [5.74, 6) is -0.174. The Morgan fingerprint density at radius 1 is 1.13 bits per heavy atom. The van der Waals surface area contributed by atoms with Crippen molar-refractivity contribution in [2.45, 2.75) is 75.3 Å². The first kappa shape index (κ1) is 16.4. The fourth-order valence-electron chi connectivity index (χ4n) is 4.18. The van der Waals surface area contributed by atoms with Crippen LogP contribution in [0.4, 0.5) is 4.39 Å². The molecule has 126 valence electrons. The first-order valence-electron chi connectivity index (χ1n) is 8.93. The van der Waals surface area contributed by atoms with Crippen molar-refractivity contribution >= 4 is 5.91 Å². The van der Waals surface area contributed by atoms with E-state index in [2.05, 4.69) is 5.32 Å². The lowest BCUT2D eigenvalue weighted by Crippen LogP contribution is -2.50. The second-order valence-corrected chi connectivity index (χ2v) is 7.24. The van der Waals surface area contributed by atoms with Gasteiger partial charge in [0.25, 0.3) is 0 Å². The van der Waals surface area contributed by atoms with Crippen LogP contribution in [0.2, 0.25) is 0 Å². The lowest BCUT2D eigenvalue weighted by atomic mass is 9.68. The average Bonchev–Trinajstić information content (AvgIpc) is 2.57. The molecule has 2 aliphatic carbocycles.